The van der Waals surface area contributed by atoms with Crippen LogP contribution in [0.1, 0.15) is 29.3 Å². The molecule has 0 saturated carbocycles. The zero-order valence-electron chi connectivity index (χ0n) is 10.2. The Morgan fingerprint density at radius 3 is 2.80 bits per heavy atom. The van der Waals surface area contributed by atoms with Gasteiger partial charge in [0.25, 0.3) is 0 Å². The maximum atomic E-state index is 11.6. The van der Waals surface area contributed by atoms with E-state index in [4.69, 9.17) is 9.52 Å². The first-order valence-electron chi connectivity index (χ1n) is 5.45. The number of carboxylic acids is 1. The monoisotopic (exact) mass is 279 g/mol. The van der Waals surface area contributed by atoms with E-state index in [0.29, 0.717) is 0 Å². The summed E-state index contributed by atoms with van der Waals surface area (Å²) in [5.74, 6) is -1.34. The van der Waals surface area contributed by atoms with Crippen LogP contribution in [0.4, 0.5) is 5.69 Å². The van der Waals surface area contributed by atoms with Gasteiger partial charge in [-0.1, -0.05) is 0 Å². The van der Waals surface area contributed by atoms with Crippen LogP contribution in [-0.2, 0) is 0 Å². The van der Waals surface area contributed by atoms with E-state index in [-0.39, 0.29) is 17.2 Å². The third-order valence-corrected chi connectivity index (χ3v) is 2.68. The lowest BCUT2D eigenvalue weighted by molar-refractivity contribution is -0.385. The minimum absolute atomic E-state index is 0.187. The van der Waals surface area contributed by atoms with Gasteiger partial charge in [0.2, 0.25) is 5.76 Å². The molecule has 9 nitrogen and oxygen atoms in total. The second-order valence-corrected chi connectivity index (χ2v) is 3.94. The lowest BCUT2D eigenvalue weighted by Crippen LogP contribution is -2.25. The Hall–Kier alpha value is -2.97. The minimum atomic E-state index is -1.24. The molecule has 0 fully saturated rings. The summed E-state index contributed by atoms with van der Waals surface area (Å²) in [6, 6.07) is 1.91. The second-order valence-electron chi connectivity index (χ2n) is 3.94. The molecule has 0 spiro atoms. The summed E-state index contributed by atoms with van der Waals surface area (Å²) in [7, 11) is 0. The van der Waals surface area contributed by atoms with Gasteiger partial charge in [-0.15, -0.1) is 0 Å². The summed E-state index contributed by atoms with van der Waals surface area (Å²) < 4.78 is 6.06. The molecule has 0 saturated heterocycles. The van der Waals surface area contributed by atoms with E-state index in [1.54, 1.807) is 0 Å². The maximum Gasteiger partial charge on any atom is 0.371 e. The van der Waals surface area contributed by atoms with Gasteiger partial charge in [0.1, 0.15) is 12.0 Å². The average Bonchev–Trinajstić information content (AvgIpc) is 2.88. The van der Waals surface area contributed by atoms with Gasteiger partial charge in [-0.3, -0.25) is 14.7 Å². The van der Waals surface area contributed by atoms with E-state index in [2.05, 4.69) is 4.98 Å². The summed E-state index contributed by atoms with van der Waals surface area (Å²) in [5.41, 5.74) is -1.04. The summed E-state index contributed by atoms with van der Waals surface area (Å²) in [6.07, 6.45) is 1.89. The lowest BCUT2D eigenvalue weighted by atomic mass is 10.2. The maximum absolute atomic E-state index is 11.6. The van der Waals surface area contributed by atoms with Gasteiger partial charge in [0.05, 0.1) is 17.2 Å². The van der Waals surface area contributed by atoms with Crippen LogP contribution >= 0.6 is 0 Å². The van der Waals surface area contributed by atoms with Crippen LogP contribution in [0.2, 0.25) is 0 Å². The molecule has 0 amide bonds. The highest BCUT2D eigenvalue weighted by atomic mass is 16.6. The van der Waals surface area contributed by atoms with Crippen LogP contribution in [0, 0.1) is 10.1 Å². The number of aromatic carboxylic acids is 1. The molecule has 1 atom stereocenters. The SMILES string of the molecule is CC(c1ccc(C(=O)O)o1)n1cc([N+](=O)[O-])cnc1=O. The third-order valence-electron chi connectivity index (χ3n) is 2.68. The van der Waals surface area contributed by atoms with Crippen molar-refractivity contribution in [2.45, 2.75) is 13.0 Å². The number of nitro groups is 1. The van der Waals surface area contributed by atoms with Crippen molar-refractivity contribution in [3.63, 3.8) is 0 Å². The van der Waals surface area contributed by atoms with E-state index in [9.17, 15) is 19.7 Å². The number of hydrogen-bond acceptors (Lipinski definition) is 6. The third kappa shape index (κ3) is 2.41. The van der Waals surface area contributed by atoms with Crippen LogP contribution in [0.5, 0.6) is 0 Å². The Kier molecular flexibility index (Phi) is 3.34. The fourth-order valence-electron chi connectivity index (χ4n) is 1.62. The van der Waals surface area contributed by atoms with Crippen molar-refractivity contribution in [1.82, 2.24) is 9.55 Å². The summed E-state index contributed by atoms with van der Waals surface area (Å²) in [4.78, 5) is 35.7. The molecule has 0 aromatic carbocycles. The smallest absolute Gasteiger partial charge is 0.371 e. The summed E-state index contributed by atoms with van der Waals surface area (Å²) >= 11 is 0. The van der Waals surface area contributed by atoms with Crippen molar-refractivity contribution in [3.8, 4) is 0 Å². The molecule has 0 bridgehead atoms. The minimum Gasteiger partial charge on any atom is -0.475 e. The summed E-state index contributed by atoms with van der Waals surface area (Å²) in [6.45, 7) is 1.54. The molecule has 20 heavy (non-hydrogen) atoms. The standard InChI is InChI=1S/C11H9N3O6/c1-6(8-2-3-9(20-8)10(15)16)13-5-7(14(18)19)4-12-11(13)17/h2-6H,1H3,(H,15,16). The van der Waals surface area contributed by atoms with E-state index < -0.39 is 22.6 Å². The van der Waals surface area contributed by atoms with Crippen molar-refractivity contribution in [1.29, 1.82) is 0 Å². The molecule has 2 aromatic heterocycles. The highest BCUT2D eigenvalue weighted by Gasteiger charge is 2.19. The molecular formula is C11H9N3O6. The number of carbonyl (C=O) groups is 1. The van der Waals surface area contributed by atoms with Gasteiger partial charge >= 0.3 is 17.3 Å². The average molecular weight is 279 g/mol. The van der Waals surface area contributed by atoms with Crippen molar-refractivity contribution < 1.29 is 19.2 Å². The zero-order chi connectivity index (χ0) is 14.9. The number of hydrogen-bond donors (Lipinski definition) is 1. The molecular weight excluding hydrogens is 270 g/mol. The molecule has 104 valence electrons. The fraction of sp³-hybridized carbons (Fsp3) is 0.182. The first kappa shape index (κ1) is 13.5. The largest absolute Gasteiger partial charge is 0.475 e. The van der Waals surface area contributed by atoms with Gasteiger partial charge in [-0.2, -0.15) is 4.98 Å². The molecule has 9 heteroatoms. The Morgan fingerprint density at radius 2 is 2.25 bits per heavy atom. The Morgan fingerprint density at radius 1 is 1.55 bits per heavy atom. The second kappa shape index (κ2) is 4.96. The topological polar surface area (TPSA) is 128 Å². The molecule has 0 aliphatic rings. The quantitative estimate of drug-likeness (QED) is 0.654. The highest BCUT2D eigenvalue weighted by molar-refractivity contribution is 5.84. The van der Waals surface area contributed by atoms with Crippen LogP contribution in [-0.4, -0.2) is 25.6 Å². The summed E-state index contributed by atoms with van der Waals surface area (Å²) in [5, 5.41) is 19.4. The van der Waals surface area contributed by atoms with Gasteiger partial charge < -0.3 is 9.52 Å². The first-order valence-corrected chi connectivity index (χ1v) is 5.45. The van der Waals surface area contributed by atoms with Crippen LogP contribution in [0.3, 0.4) is 0 Å². The number of nitrogens with zero attached hydrogens (tertiary/aromatic N) is 3. The van der Waals surface area contributed by atoms with Gasteiger partial charge in [-0.05, 0) is 19.1 Å². The first-order chi connectivity index (χ1) is 9.40. The molecule has 0 aliphatic carbocycles. The molecule has 1 N–H and O–H groups in total. The van der Waals surface area contributed by atoms with Gasteiger partial charge in [-0.25, -0.2) is 9.59 Å². The number of aromatic nitrogens is 2. The van der Waals surface area contributed by atoms with Crippen molar-refractivity contribution in [2.75, 3.05) is 0 Å². The van der Waals surface area contributed by atoms with Crippen molar-refractivity contribution in [3.05, 3.63) is 56.6 Å². The van der Waals surface area contributed by atoms with E-state index in [1.807, 2.05) is 0 Å². The Balaban J connectivity index is 2.44. The normalized spacial score (nSPS) is 12.1. The molecule has 1 unspecified atom stereocenters. The van der Waals surface area contributed by atoms with Crippen molar-refractivity contribution >= 4 is 11.7 Å². The number of carboxylic acid groups (broad SMARTS) is 1. The predicted molar refractivity (Wildman–Crippen MR) is 64.6 cm³/mol. The van der Waals surface area contributed by atoms with Crippen molar-refractivity contribution in [2.24, 2.45) is 0 Å². The Labute approximate surface area is 111 Å². The highest BCUT2D eigenvalue weighted by Crippen LogP contribution is 2.20. The van der Waals surface area contributed by atoms with Crippen LogP contribution in [0.15, 0.2) is 33.7 Å². The molecule has 2 aromatic rings. The van der Waals surface area contributed by atoms with Gasteiger partial charge in [0.15, 0.2) is 0 Å². The number of furan rings is 1. The molecule has 2 heterocycles. The van der Waals surface area contributed by atoms with Crippen LogP contribution in [0.25, 0.3) is 0 Å². The predicted octanol–water partition coefficient (Wildman–Crippen LogP) is 1.05. The Bertz CT molecular complexity index is 732. The van der Waals surface area contributed by atoms with E-state index >= 15 is 0 Å². The molecule has 2 rings (SSSR count). The molecule has 0 aliphatic heterocycles. The van der Waals surface area contributed by atoms with Gasteiger partial charge in [0, 0.05) is 0 Å². The lowest BCUT2D eigenvalue weighted by Gasteiger charge is -2.11. The number of rotatable bonds is 4. The van der Waals surface area contributed by atoms with E-state index in [1.165, 1.54) is 19.1 Å². The van der Waals surface area contributed by atoms with E-state index in [0.717, 1.165) is 17.0 Å². The molecule has 0 radical (unpaired) electrons. The zero-order valence-corrected chi connectivity index (χ0v) is 10.2. The van der Waals surface area contributed by atoms with Crippen LogP contribution < -0.4 is 5.69 Å². The fourth-order valence-corrected chi connectivity index (χ4v) is 1.62.